The largest absolute Gasteiger partial charge is 0.329 e. The van der Waals surface area contributed by atoms with Crippen LogP contribution in [0, 0.1) is 0 Å². The van der Waals surface area contributed by atoms with Crippen molar-refractivity contribution in [1.82, 2.24) is 14.7 Å². The summed E-state index contributed by atoms with van der Waals surface area (Å²) >= 11 is 2.03. The van der Waals surface area contributed by atoms with Gasteiger partial charge < -0.3 is 5.73 Å². The Morgan fingerprint density at radius 1 is 1.47 bits per heavy atom. The van der Waals surface area contributed by atoms with Crippen molar-refractivity contribution in [2.24, 2.45) is 12.8 Å². The number of hydrogen-bond donors (Lipinski definition) is 1. The van der Waals surface area contributed by atoms with Crippen molar-refractivity contribution < 1.29 is 0 Å². The van der Waals surface area contributed by atoms with Crippen LogP contribution in [0.1, 0.15) is 24.2 Å². The number of hydrogen-bond acceptors (Lipinski definition) is 4. The molecule has 0 spiro atoms. The van der Waals surface area contributed by atoms with Crippen molar-refractivity contribution in [2.45, 2.75) is 19.4 Å². The van der Waals surface area contributed by atoms with Gasteiger partial charge in [-0.15, -0.1) is 0 Å². The monoisotopic (exact) mass is 254 g/mol. The van der Waals surface area contributed by atoms with Crippen LogP contribution in [-0.2, 0) is 13.5 Å². The maximum atomic E-state index is 5.98. The van der Waals surface area contributed by atoms with E-state index in [0.717, 1.165) is 19.5 Å². The number of aryl methyl sites for hydroxylation is 2. The van der Waals surface area contributed by atoms with E-state index < -0.39 is 0 Å². The molecule has 5 heteroatoms. The lowest BCUT2D eigenvalue weighted by Gasteiger charge is -2.33. The highest BCUT2D eigenvalue weighted by molar-refractivity contribution is 7.99. The van der Waals surface area contributed by atoms with Crippen LogP contribution in [0.25, 0.3) is 0 Å². The zero-order valence-electron chi connectivity index (χ0n) is 10.7. The highest BCUT2D eigenvalue weighted by Gasteiger charge is 2.24. The fraction of sp³-hybridized carbons (Fsp3) is 0.750. The van der Waals surface area contributed by atoms with Crippen molar-refractivity contribution in [3.63, 3.8) is 0 Å². The quantitative estimate of drug-likeness (QED) is 0.872. The van der Waals surface area contributed by atoms with E-state index in [1.165, 1.54) is 22.8 Å². The molecule has 2 heterocycles. The van der Waals surface area contributed by atoms with E-state index in [9.17, 15) is 0 Å². The second kappa shape index (κ2) is 5.89. The minimum Gasteiger partial charge on any atom is -0.329 e. The molecule has 0 aromatic carbocycles. The highest BCUT2D eigenvalue weighted by Crippen LogP contribution is 2.25. The number of nitrogens with two attached hydrogens (primary N) is 1. The zero-order valence-corrected chi connectivity index (χ0v) is 11.5. The first-order valence-electron chi connectivity index (χ1n) is 6.30. The molecule has 1 unspecified atom stereocenters. The van der Waals surface area contributed by atoms with Crippen molar-refractivity contribution in [1.29, 1.82) is 0 Å². The molecular formula is C12H22N4S. The molecule has 17 heavy (non-hydrogen) atoms. The molecule has 1 aliphatic heterocycles. The van der Waals surface area contributed by atoms with Gasteiger partial charge in [0.2, 0.25) is 0 Å². The summed E-state index contributed by atoms with van der Waals surface area (Å²) < 4.78 is 1.91. The second-order valence-corrected chi connectivity index (χ2v) is 5.68. The smallest absolute Gasteiger partial charge is 0.0670 e. The Balaban J connectivity index is 2.20. The van der Waals surface area contributed by atoms with Crippen LogP contribution < -0.4 is 5.73 Å². The predicted octanol–water partition coefficient (Wildman–Crippen LogP) is 1.03. The molecule has 0 amide bonds. The number of rotatable bonds is 4. The summed E-state index contributed by atoms with van der Waals surface area (Å²) in [5.74, 6) is 2.44. The van der Waals surface area contributed by atoms with E-state index in [4.69, 9.17) is 5.73 Å². The molecular weight excluding hydrogens is 232 g/mol. The minimum atomic E-state index is 0.347. The van der Waals surface area contributed by atoms with Gasteiger partial charge >= 0.3 is 0 Å². The summed E-state index contributed by atoms with van der Waals surface area (Å²) in [5, 5.41) is 4.52. The molecule has 1 fully saturated rings. The molecule has 1 aromatic heterocycles. The highest BCUT2D eigenvalue weighted by atomic mass is 32.2. The van der Waals surface area contributed by atoms with Gasteiger partial charge in [-0.05, 0) is 6.42 Å². The maximum absolute atomic E-state index is 5.98. The topological polar surface area (TPSA) is 47.1 Å². The van der Waals surface area contributed by atoms with Crippen LogP contribution in [-0.4, -0.2) is 45.8 Å². The standard InChI is InChI=1S/C12H22N4S/c1-3-11-10(9-15(2)14-11)12(8-13)16-4-6-17-7-5-16/h9,12H,3-8,13H2,1-2H3. The molecule has 1 atom stereocenters. The molecule has 0 radical (unpaired) electrons. The molecule has 0 bridgehead atoms. The molecule has 0 saturated carbocycles. The Hall–Kier alpha value is -0.520. The lowest BCUT2D eigenvalue weighted by atomic mass is 10.0. The summed E-state index contributed by atoms with van der Waals surface area (Å²) in [6.45, 7) is 5.13. The van der Waals surface area contributed by atoms with Crippen molar-refractivity contribution in [3.8, 4) is 0 Å². The van der Waals surface area contributed by atoms with Gasteiger partial charge in [-0.25, -0.2) is 0 Å². The van der Waals surface area contributed by atoms with Crippen LogP contribution >= 0.6 is 11.8 Å². The summed E-state index contributed by atoms with van der Waals surface area (Å²) in [6.07, 6.45) is 3.12. The molecule has 0 aliphatic carbocycles. The third kappa shape index (κ3) is 2.84. The summed E-state index contributed by atoms with van der Waals surface area (Å²) in [5.41, 5.74) is 8.50. The van der Waals surface area contributed by atoms with Crippen molar-refractivity contribution in [3.05, 3.63) is 17.5 Å². The third-order valence-corrected chi connectivity index (χ3v) is 4.28. The molecule has 2 N–H and O–H groups in total. The summed E-state index contributed by atoms with van der Waals surface area (Å²) in [6, 6.07) is 0.347. The second-order valence-electron chi connectivity index (χ2n) is 4.46. The fourth-order valence-electron chi connectivity index (χ4n) is 2.47. The number of aromatic nitrogens is 2. The van der Waals surface area contributed by atoms with Crippen molar-refractivity contribution >= 4 is 11.8 Å². The van der Waals surface area contributed by atoms with Gasteiger partial charge in [-0.3, -0.25) is 9.58 Å². The Bertz CT molecular complexity index is 357. The Kier molecular flexibility index (Phi) is 4.48. The van der Waals surface area contributed by atoms with Crippen LogP contribution in [0.5, 0.6) is 0 Å². The Morgan fingerprint density at radius 2 is 2.18 bits per heavy atom. The van der Waals surface area contributed by atoms with Crippen LogP contribution in [0.15, 0.2) is 6.20 Å². The van der Waals surface area contributed by atoms with E-state index in [1.807, 2.05) is 23.5 Å². The lowest BCUT2D eigenvalue weighted by Crippen LogP contribution is -2.39. The van der Waals surface area contributed by atoms with E-state index in [0.29, 0.717) is 12.6 Å². The van der Waals surface area contributed by atoms with Gasteiger partial charge in [0, 0.05) is 49.9 Å². The molecule has 2 rings (SSSR count). The average molecular weight is 254 g/mol. The zero-order chi connectivity index (χ0) is 12.3. The SMILES string of the molecule is CCc1nn(C)cc1C(CN)N1CCSCC1. The Labute approximate surface area is 108 Å². The predicted molar refractivity (Wildman–Crippen MR) is 73.3 cm³/mol. The molecule has 1 aliphatic rings. The molecule has 96 valence electrons. The van der Waals surface area contributed by atoms with E-state index in [-0.39, 0.29) is 0 Å². The minimum absolute atomic E-state index is 0.347. The maximum Gasteiger partial charge on any atom is 0.0670 e. The van der Waals surface area contributed by atoms with Gasteiger partial charge in [-0.2, -0.15) is 16.9 Å². The average Bonchev–Trinajstić information content (AvgIpc) is 2.73. The van der Waals surface area contributed by atoms with E-state index in [2.05, 4.69) is 23.1 Å². The lowest BCUT2D eigenvalue weighted by molar-refractivity contribution is 0.222. The summed E-state index contributed by atoms with van der Waals surface area (Å²) in [7, 11) is 1.99. The summed E-state index contributed by atoms with van der Waals surface area (Å²) in [4.78, 5) is 2.51. The third-order valence-electron chi connectivity index (χ3n) is 3.34. The van der Waals surface area contributed by atoms with Crippen LogP contribution in [0.3, 0.4) is 0 Å². The first-order chi connectivity index (χ1) is 8.26. The van der Waals surface area contributed by atoms with E-state index in [1.54, 1.807) is 0 Å². The van der Waals surface area contributed by atoms with Gasteiger partial charge in [0.15, 0.2) is 0 Å². The van der Waals surface area contributed by atoms with Gasteiger partial charge in [0.05, 0.1) is 11.7 Å². The first kappa shape index (κ1) is 12.9. The number of nitrogens with zero attached hydrogens (tertiary/aromatic N) is 3. The normalized spacial score (nSPS) is 19.5. The van der Waals surface area contributed by atoms with Crippen LogP contribution in [0.4, 0.5) is 0 Å². The van der Waals surface area contributed by atoms with Gasteiger partial charge in [0.25, 0.3) is 0 Å². The molecule has 1 aromatic rings. The number of thioether (sulfide) groups is 1. The first-order valence-corrected chi connectivity index (χ1v) is 7.46. The van der Waals surface area contributed by atoms with Gasteiger partial charge in [-0.1, -0.05) is 6.92 Å². The van der Waals surface area contributed by atoms with Crippen molar-refractivity contribution in [2.75, 3.05) is 31.1 Å². The van der Waals surface area contributed by atoms with E-state index >= 15 is 0 Å². The molecule has 4 nitrogen and oxygen atoms in total. The molecule has 1 saturated heterocycles. The fourth-order valence-corrected chi connectivity index (χ4v) is 3.40. The Morgan fingerprint density at radius 3 is 2.76 bits per heavy atom. The van der Waals surface area contributed by atoms with Gasteiger partial charge in [0.1, 0.15) is 0 Å². The van der Waals surface area contributed by atoms with Crippen LogP contribution in [0.2, 0.25) is 0 Å².